The predicted octanol–water partition coefficient (Wildman–Crippen LogP) is 3.53. The van der Waals surface area contributed by atoms with Crippen LogP contribution in [0.3, 0.4) is 0 Å². The van der Waals surface area contributed by atoms with Crippen LogP contribution in [0, 0.1) is 5.82 Å². The molecule has 0 atom stereocenters. The molecule has 0 saturated carbocycles. The van der Waals surface area contributed by atoms with Crippen LogP contribution in [0.25, 0.3) is 0 Å². The molecule has 0 bridgehead atoms. The van der Waals surface area contributed by atoms with Crippen molar-refractivity contribution in [3.63, 3.8) is 0 Å². The predicted molar refractivity (Wildman–Crippen MR) is 39.1 cm³/mol. The van der Waals surface area contributed by atoms with E-state index in [4.69, 9.17) is 0 Å². The Labute approximate surface area is 70.2 Å². The van der Waals surface area contributed by atoms with Crippen LogP contribution in [-0.2, 0) is 0 Å². The third-order valence-corrected chi connectivity index (χ3v) is 1.69. The van der Waals surface area contributed by atoms with Gasteiger partial charge >= 0.3 is 0 Å². The molecular weight excluding hydrogens is 221 g/mol. The minimum atomic E-state index is -2.75. The van der Waals surface area contributed by atoms with E-state index in [0.29, 0.717) is 4.47 Å². The molecule has 0 aliphatic carbocycles. The summed E-state index contributed by atoms with van der Waals surface area (Å²) in [6.45, 7) is 0. The third-order valence-electron chi connectivity index (χ3n) is 1.20. The molecule has 0 aliphatic rings. The van der Waals surface area contributed by atoms with Gasteiger partial charge in [0, 0.05) is 4.47 Å². The lowest BCUT2D eigenvalue weighted by molar-refractivity contribution is 0.146. The van der Waals surface area contributed by atoms with Gasteiger partial charge in [-0.25, -0.2) is 13.2 Å². The molecule has 1 aromatic carbocycles. The Morgan fingerprint density at radius 3 is 2.36 bits per heavy atom. The van der Waals surface area contributed by atoms with Gasteiger partial charge in [-0.3, -0.25) is 0 Å². The van der Waals surface area contributed by atoms with Gasteiger partial charge in [0.2, 0.25) is 0 Å². The molecule has 0 aromatic heterocycles. The summed E-state index contributed by atoms with van der Waals surface area (Å²) >= 11 is 2.96. The SMILES string of the molecule is Fc1cc(Br)ccc1C(F)F. The Morgan fingerprint density at radius 1 is 1.27 bits per heavy atom. The molecule has 0 spiro atoms. The zero-order valence-corrected chi connectivity index (χ0v) is 6.91. The van der Waals surface area contributed by atoms with E-state index in [1.165, 1.54) is 6.07 Å². The van der Waals surface area contributed by atoms with Crippen LogP contribution < -0.4 is 0 Å². The van der Waals surface area contributed by atoms with Crippen molar-refractivity contribution in [2.75, 3.05) is 0 Å². The van der Waals surface area contributed by atoms with Crippen molar-refractivity contribution < 1.29 is 13.2 Å². The lowest BCUT2D eigenvalue weighted by Crippen LogP contribution is -1.89. The minimum absolute atomic E-state index is 0.458. The molecule has 0 amide bonds. The van der Waals surface area contributed by atoms with E-state index in [1.54, 1.807) is 0 Å². The summed E-state index contributed by atoms with van der Waals surface area (Å²) in [5.74, 6) is -0.880. The lowest BCUT2D eigenvalue weighted by Gasteiger charge is -2.00. The molecule has 11 heavy (non-hydrogen) atoms. The standard InChI is InChI=1S/C7H4BrF3/c8-4-1-2-5(7(10)11)6(9)3-4/h1-3,7H. The van der Waals surface area contributed by atoms with E-state index in [9.17, 15) is 13.2 Å². The topological polar surface area (TPSA) is 0 Å². The summed E-state index contributed by atoms with van der Waals surface area (Å²) in [5, 5.41) is 0. The fraction of sp³-hybridized carbons (Fsp3) is 0.143. The van der Waals surface area contributed by atoms with Crippen LogP contribution in [0.15, 0.2) is 22.7 Å². The Bertz CT molecular complexity index is 260. The van der Waals surface area contributed by atoms with Crippen molar-refractivity contribution >= 4 is 15.9 Å². The average molecular weight is 225 g/mol. The highest BCUT2D eigenvalue weighted by atomic mass is 79.9. The van der Waals surface area contributed by atoms with Crippen molar-refractivity contribution in [2.45, 2.75) is 6.43 Å². The van der Waals surface area contributed by atoms with Gasteiger partial charge in [-0.2, -0.15) is 0 Å². The van der Waals surface area contributed by atoms with Gasteiger partial charge in [0.1, 0.15) is 5.82 Å². The Morgan fingerprint density at radius 2 is 1.91 bits per heavy atom. The van der Waals surface area contributed by atoms with E-state index < -0.39 is 17.8 Å². The number of halogens is 4. The Balaban J connectivity index is 3.09. The van der Waals surface area contributed by atoms with Gasteiger partial charge in [0.25, 0.3) is 6.43 Å². The third kappa shape index (κ3) is 1.96. The highest BCUT2D eigenvalue weighted by Crippen LogP contribution is 2.24. The van der Waals surface area contributed by atoms with Gasteiger partial charge < -0.3 is 0 Å². The quantitative estimate of drug-likeness (QED) is 0.685. The van der Waals surface area contributed by atoms with E-state index >= 15 is 0 Å². The normalized spacial score (nSPS) is 10.6. The molecule has 1 rings (SSSR count). The molecule has 0 aliphatic heterocycles. The summed E-state index contributed by atoms with van der Waals surface area (Å²) in [6.07, 6.45) is -2.75. The highest BCUT2D eigenvalue weighted by molar-refractivity contribution is 9.10. The molecule has 0 heterocycles. The number of hydrogen-bond acceptors (Lipinski definition) is 0. The molecule has 0 radical (unpaired) electrons. The number of alkyl halides is 2. The lowest BCUT2D eigenvalue weighted by atomic mass is 10.2. The largest absolute Gasteiger partial charge is 0.266 e. The van der Waals surface area contributed by atoms with Crippen LogP contribution >= 0.6 is 15.9 Å². The smallest absolute Gasteiger partial charge is 0.206 e. The van der Waals surface area contributed by atoms with Crippen LogP contribution in [0.5, 0.6) is 0 Å². The molecule has 0 fully saturated rings. The van der Waals surface area contributed by atoms with Gasteiger partial charge in [-0.05, 0) is 18.2 Å². The summed E-state index contributed by atoms with van der Waals surface area (Å²) < 4.78 is 36.9. The van der Waals surface area contributed by atoms with Gasteiger partial charge in [0.05, 0.1) is 5.56 Å². The summed E-state index contributed by atoms with van der Waals surface area (Å²) in [5.41, 5.74) is -0.562. The van der Waals surface area contributed by atoms with Crippen LogP contribution in [-0.4, -0.2) is 0 Å². The second-order valence-corrected chi connectivity index (χ2v) is 2.88. The maximum atomic E-state index is 12.6. The van der Waals surface area contributed by atoms with Crippen molar-refractivity contribution in [1.82, 2.24) is 0 Å². The Kier molecular flexibility index (Phi) is 2.54. The molecule has 60 valence electrons. The first-order valence-corrected chi connectivity index (χ1v) is 3.63. The molecule has 0 N–H and O–H groups in total. The molecular formula is C7H4BrF3. The number of rotatable bonds is 1. The maximum Gasteiger partial charge on any atom is 0.266 e. The van der Waals surface area contributed by atoms with Gasteiger partial charge in [0.15, 0.2) is 0 Å². The second-order valence-electron chi connectivity index (χ2n) is 1.97. The van der Waals surface area contributed by atoms with E-state index in [0.717, 1.165) is 12.1 Å². The van der Waals surface area contributed by atoms with Crippen molar-refractivity contribution in [3.05, 3.63) is 34.1 Å². The van der Waals surface area contributed by atoms with Crippen molar-refractivity contribution in [3.8, 4) is 0 Å². The molecule has 4 heteroatoms. The first-order chi connectivity index (χ1) is 5.11. The minimum Gasteiger partial charge on any atom is -0.206 e. The first kappa shape index (κ1) is 8.59. The zero-order valence-electron chi connectivity index (χ0n) is 5.32. The molecule has 0 saturated heterocycles. The van der Waals surface area contributed by atoms with Gasteiger partial charge in [-0.15, -0.1) is 0 Å². The van der Waals surface area contributed by atoms with Crippen molar-refractivity contribution in [1.29, 1.82) is 0 Å². The molecule has 1 aromatic rings. The highest BCUT2D eigenvalue weighted by Gasteiger charge is 2.12. The zero-order chi connectivity index (χ0) is 8.43. The van der Waals surface area contributed by atoms with Crippen LogP contribution in [0.1, 0.15) is 12.0 Å². The summed E-state index contributed by atoms with van der Waals surface area (Å²) in [4.78, 5) is 0. The van der Waals surface area contributed by atoms with Crippen molar-refractivity contribution in [2.24, 2.45) is 0 Å². The fourth-order valence-electron chi connectivity index (χ4n) is 0.678. The second kappa shape index (κ2) is 3.26. The number of benzene rings is 1. The van der Waals surface area contributed by atoms with Crippen LogP contribution in [0.2, 0.25) is 0 Å². The Hall–Kier alpha value is -0.510. The van der Waals surface area contributed by atoms with E-state index in [2.05, 4.69) is 15.9 Å². The summed E-state index contributed by atoms with van der Waals surface area (Å²) in [6, 6.07) is 3.45. The average Bonchev–Trinajstić information content (AvgIpc) is 1.85. The fourth-order valence-corrected chi connectivity index (χ4v) is 1.01. The summed E-state index contributed by atoms with van der Waals surface area (Å²) in [7, 11) is 0. The van der Waals surface area contributed by atoms with Crippen LogP contribution in [0.4, 0.5) is 13.2 Å². The van der Waals surface area contributed by atoms with E-state index in [-0.39, 0.29) is 0 Å². The molecule has 0 unspecified atom stereocenters. The van der Waals surface area contributed by atoms with Gasteiger partial charge in [-0.1, -0.05) is 15.9 Å². The first-order valence-electron chi connectivity index (χ1n) is 2.84. The monoisotopic (exact) mass is 224 g/mol. The maximum absolute atomic E-state index is 12.6. The number of hydrogen-bond donors (Lipinski definition) is 0. The molecule has 0 nitrogen and oxygen atoms in total. The van der Waals surface area contributed by atoms with E-state index in [1.807, 2.05) is 0 Å².